The molecular weight excluding hydrogens is 384 g/mol. The number of carbonyl (C=O) groups excluding carboxylic acids is 1. The van der Waals surface area contributed by atoms with Gasteiger partial charge in [0.1, 0.15) is 10.6 Å². The first-order valence-electron chi connectivity index (χ1n) is 10.2. The van der Waals surface area contributed by atoms with Crippen molar-refractivity contribution < 1.29 is 9.90 Å². The summed E-state index contributed by atoms with van der Waals surface area (Å²) in [7, 11) is 2.06. The Morgan fingerprint density at radius 2 is 2.03 bits per heavy atom. The van der Waals surface area contributed by atoms with Gasteiger partial charge in [-0.3, -0.25) is 14.7 Å². The summed E-state index contributed by atoms with van der Waals surface area (Å²) in [5.74, 6) is 0.176. The molecule has 2 aromatic heterocycles. The summed E-state index contributed by atoms with van der Waals surface area (Å²) in [5.41, 5.74) is 0.957. The monoisotopic (exact) mass is 416 g/mol. The van der Waals surface area contributed by atoms with Gasteiger partial charge < -0.3 is 10.0 Å². The van der Waals surface area contributed by atoms with Crippen molar-refractivity contribution in [3.05, 3.63) is 46.2 Å². The van der Waals surface area contributed by atoms with Crippen LogP contribution in [0.25, 0.3) is 0 Å². The SMILES string of the molecule is CN(Cc1cccnc1)Cc1nc(C2(O)CCN(C(=O)CC(C)(C)C)CC2)cs1. The van der Waals surface area contributed by atoms with E-state index >= 15 is 0 Å². The van der Waals surface area contributed by atoms with Gasteiger partial charge in [-0.15, -0.1) is 11.3 Å². The topological polar surface area (TPSA) is 69.6 Å². The number of aliphatic hydroxyl groups is 1. The van der Waals surface area contributed by atoms with Crippen LogP contribution in [0, 0.1) is 5.41 Å². The molecule has 0 unspecified atom stereocenters. The second-order valence-electron chi connectivity index (χ2n) is 9.31. The zero-order valence-corrected chi connectivity index (χ0v) is 18.7. The van der Waals surface area contributed by atoms with E-state index in [1.165, 1.54) is 0 Å². The first-order valence-corrected chi connectivity index (χ1v) is 11.1. The van der Waals surface area contributed by atoms with E-state index < -0.39 is 5.60 Å². The maximum Gasteiger partial charge on any atom is 0.223 e. The quantitative estimate of drug-likeness (QED) is 0.781. The lowest BCUT2D eigenvalue weighted by atomic mass is 9.87. The molecule has 7 heteroatoms. The van der Waals surface area contributed by atoms with Crippen LogP contribution in [0.4, 0.5) is 0 Å². The molecule has 1 amide bonds. The highest BCUT2D eigenvalue weighted by atomic mass is 32.1. The highest BCUT2D eigenvalue weighted by Gasteiger charge is 2.37. The van der Waals surface area contributed by atoms with Crippen molar-refractivity contribution in [3.63, 3.8) is 0 Å². The van der Waals surface area contributed by atoms with Gasteiger partial charge >= 0.3 is 0 Å². The maximum absolute atomic E-state index is 12.5. The third kappa shape index (κ3) is 6.07. The van der Waals surface area contributed by atoms with Gasteiger partial charge in [-0.05, 0) is 36.9 Å². The lowest BCUT2D eigenvalue weighted by Gasteiger charge is -2.38. The summed E-state index contributed by atoms with van der Waals surface area (Å²) in [4.78, 5) is 25.4. The third-order valence-electron chi connectivity index (χ3n) is 5.23. The molecule has 3 heterocycles. The molecule has 1 aliphatic rings. The molecule has 0 aromatic carbocycles. The fourth-order valence-electron chi connectivity index (χ4n) is 3.64. The van der Waals surface area contributed by atoms with Gasteiger partial charge in [0.2, 0.25) is 5.91 Å². The molecule has 1 fully saturated rings. The van der Waals surface area contributed by atoms with Gasteiger partial charge in [0.25, 0.3) is 0 Å². The first-order chi connectivity index (χ1) is 13.6. The number of pyridine rings is 1. The van der Waals surface area contributed by atoms with Crippen LogP contribution in [0.15, 0.2) is 29.9 Å². The van der Waals surface area contributed by atoms with Crippen LogP contribution < -0.4 is 0 Å². The second kappa shape index (κ2) is 8.90. The van der Waals surface area contributed by atoms with Gasteiger partial charge in [0.15, 0.2) is 0 Å². The Kier molecular flexibility index (Phi) is 6.71. The molecule has 0 saturated carbocycles. The summed E-state index contributed by atoms with van der Waals surface area (Å²) >= 11 is 1.59. The van der Waals surface area contributed by atoms with Crippen molar-refractivity contribution in [1.29, 1.82) is 0 Å². The molecule has 0 spiro atoms. The number of aromatic nitrogens is 2. The van der Waals surface area contributed by atoms with Crippen LogP contribution in [0.2, 0.25) is 0 Å². The number of piperidine rings is 1. The second-order valence-corrected chi connectivity index (χ2v) is 10.3. The minimum absolute atomic E-state index is 0.0174. The van der Waals surface area contributed by atoms with Crippen LogP contribution in [-0.2, 0) is 23.5 Å². The zero-order chi connectivity index (χ0) is 21.1. The Labute approximate surface area is 177 Å². The van der Waals surface area contributed by atoms with E-state index in [4.69, 9.17) is 4.98 Å². The smallest absolute Gasteiger partial charge is 0.223 e. The Hall–Kier alpha value is -1.83. The van der Waals surface area contributed by atoms with E-state index in [2.05, 4.69) is 43.8 Å². The largest absolute Gasteiger partial charge is 0.383 e. The van der Waals surface area contributed by atoms with Crippen molar-refractivity contribution in [2.24, 2.45) is 5.41 Å². The molecule has 6 nitrogen and oxygen atoms in total. The summed E-state index contributed by atoms with van der Waals surface area (Å²) in [6.07, 6.45) is 5.27. The molecule has 1 aliphatic heterocycles. The van der Waals surface area contributed by atoms with Crippen LogP contribution >= 0.6 is 11.3 Å². The number of carbonyl (C=O) groups is 1. The van der Waals surface area contributed by atoms with E-state index in [1.54, 1.807) is 17.5 Å². The lowest BCUT2D eigenvalue weighted by molar-refractivity contribution is -0.137. The maximum atomic E-state index is 12.5. The van der Waals surface area contributed by atoms with Crippen molar-refractivity contribution in [1.82, 2.24) is 19.8 Å². The van der Waals surface area contributed by atoms with E-state index in [0.29, 0.717) is 32.4 Å². The minimum Gasteiger partial charge on any atom is -0.383 e. The molecule has 1 saturated heterocycles. The van der Waals surface area contributed by atoms with E-state index in [9.17, 15) is 9.90 Å². The Bertz CT molecular complexity index is 808. The molecule has 2 aromatic rings. The van der Waals surface area contributed by atoms with Crippen LogP contribution in [-0.4, -0.2) is 50.9 Å². The molecule has 158 valence electrons. The number of likely N-dealkylation sites (tertiary alicyclic amines) is 1. The molecule has 0 radical (unpaired) electrons. The summed E-state index contributed by atoms with van der Waals surface area (Å²) in [6.45, 7) is 8.93. The predicted octanol–water partition coefficient (Wildman–Crippen LogP) is 3.42. The van der Waals surface area contributed by atoms with Gasteiger partial charge in [-0.2, -0.15) is 0 Å². The number of rotatable bonds is 6. The van der Waals surface area contributed by atoms with Crippen LogP contribution in [0.3, 0.4) is 0 Å². The number of hydrogen-bond acceptors (Lipinski definition) is 6. The van der Waals surface area contributed by atoms with Crippen molar-refractivity contribution in [2.45, 2.75) is 58.7 Å². The normalized spacial score (nSPS) is 17.0. The zero-order valence-electron chi connectivity index (χ0n) is 17.9. The fourth-order valence-corrected chi connectivity index (χ4v) is 4.60. The average Bonchev–Trinajstić information content (AvgIpc) is 3.11. The van der Waals surface area contributed by atoms with Crippen LogP contribution in [0.1, 0.15) is 56.3 Å². The van der Waals surface area contributed by atoms with Gasteiger partial charge in [-0.25, -0.2) is 4.98 Å². The number of nitrogens with zero attached hydrogens (tertiary/aromatic N) is 4. The summed E-state index contributed by atoms with van der Waals surface area (Å²) < 4.78 is 0. The number of amides is 1. The molecule has 0 bridgehead atoms. The first kappa shape index (κ1) is 21.9. The highest BCUT2D eigenvalue weighted by molar-refractivity contribution is 7.09. The average molecular weight is 417 g/mol. The fraction of sp³-hybridized carbons (Fsp3) is 0.591. The highest BCUT2D eigenvalue weighted by Crippen LogP contribution is 2.34. The third-order valence-corrected chi connectivity index (χ3v) is 6.07. The Morgan fingerprint density at radius 3 is 2.66 bits per heavy atom. The number of hydrogen-bond donors (Lipinski definition) is 1. The Balaban J connectivity index is 1.55. The molecule has 0 atom stereocenters. The summed E-state index contributed by atoms with van der Waals surface area (Å²) in [5, 5.41) is 14.1. The molecule has 29 heavy (non-hydrogen) atoms. The van der Waals surface area contributed by atoms with E-state index in [-0.39, 0.29) is 11.3 Å². The molecule has 0 aliphatic carbocycles. The molecule has 3 rings (SSSR count). The van der Waals surface area contributed by atoms with Crippen molar-refractivity contribution in [2.75, 3.05) is 20.1 Å². The summed E-state index contributed by atoms with van der Waals surface area (Å²) in [6, 6.07) is 4.01. The molecular formula is C22H32N4O2S. The standard InChI is InChI=1S/C22H32N4O2S/c1-21(2,3)12-20(27)26-10-7-22(28,8-11-26)18-16-29-19(24-18)15-25(4)14-17-6-5-9-23-13-17/h5-6,9,13,16,28H,7-8,10-12,14-15H2,1-4H3. The van der Waals surface area contributed by atoms with Gasteiger partial charge in [0, 0.05) is 43.8 Å². The molecule has 1 N–H and O–H groups in total. The van der Waals surface area contributed by atoms with Crippen LogP contribution in [0.5, 0.6) is 0 Å². The van der Waals surface area contributed by atoms with E-state index in [1.807, 2.05) is 22.5 Å². The Morgan fingerprint density at radius 1 is 1.31 bits per heavy atom. The van der Waals surface area contributed by atoms with Gasteiger partial charge in [-0.1, -0.05) is 26.8 Å². The number of thiazole rings is 1. The van der Waals surface area contributed by atoms with E-state index in [0.717, 1.165) is 29.4 Å². The van der Waals surface area contributed by atoms with Gasteiger partial charge in [0.05, 0.1) is 12.2 Å². The van der Waals surface area contributed by atoms with Crippen molar-refractivity contribution in [3.8, 4) is 0 Å². The lowest BCUT2D eigenvalue weighted by Crippen LogP contribution is -2.46. The predicted molar refractivity (Wildman–Crippen MR) is 115 cm³/mol. The van der Waals surface area contributed by atoms with Crippen molar-refractivity contribution >= 4 is 17.2 Å². The minimum atomic E-state index is -0.935.